The molecule has 0 aromatic carbocycles. The highest BCUT2D eigenvalue weighted by Gasteiger charge is 2.10. The van der Waals surface area contributed by atoms with E-state index in [9.17, 15) is 0 Å². The van der Waals surface area contributed by atoms with E-state index in [1.165, 1.54) is 5.56 Å². The van der Waals surface area contributed by atoms with Crippen molar-refractivity contribution in [2.24, 2.45) is 0 Å². The largest absolute Gasteiger partial charge is 0.469 e. The molecule has 19 heavy (non-hydrogen) atoms. The first-order valence-electron chi connectivity index (χ1n) is 6.95. The van der Waals surface area contributed by atoms with Gasteiger partial charge in [0.25, 0.3) is 0 Å². The van der Waals surface area contributed by atoms with Crippen LogP contribution in [0.5, 0.6) is 0 Å². The zero-order chi connectivity index (χ0) is 13.5. The van der Waals surface area contributed by atoms with Gasteiger partial charge in [-0.05, 0) is 43.7 Å². The fourth-order valence-corrected chi connectivity index (χ4v) is 2.21. The summed E-state index contributed by atoms with van der Waals surface area (Å²) in [5.74, 6) is 1.06. The molecule has 0 aliphatic carbocycles. The Morgan fingerprint density at radius 2 is 2.21 bits per heavy atom. The van der Waals surface area contributed by atoms with Gasteiger partial charge in [0.15, 0.2) is 0 Å². The van der Waals surface area contributed by atoms with Crippen LogP contribution >= 0.6 is 0 Å². The lowest BCUT2D eigenvalue weighted by atomic mass is 10.0. The predicted molar refractivity (Wildman–Crippen MR) is 77.2 cm³/mol. The first-order valence-corrected chi connectivity index (χ1v) is 6.95. The molecule has 3 nitrogen and oxygen atoms in total. The third-order valence-electron chi connectivity index (χ3n) is 3.24. The molecule has 1 atom stereocenters. The smallest absolute Gasteiger partial charge is 0.103 e. The first kappa shape index (κ1) is 13.8. The molecule has 0 aliphatic heterocycles. The number of aryl methyl sites for hydroxylation is 2. The highest BCUT2D eigenvalue weighted by Crippen LogP contribution is 2.10. The number of likely N-dealkylation sites (N-methyl/N-ethyl adjacent to an activating group) is 1. The van der Waals surface area contributed by atoms with E-state index in [4.69, 9.17) is 4.42 Å². The lowest BCUT2D eigenvalue weighted by Crippen LogP contribution is -2.31. The lowest BCUT2D eigenvalue weighted by Gasteiger charge is -2.17. The molecule has 0 amide bonds. The van der Waals surface area contributed by atoms with Gasteiger partial charge in [0.2, 0.25) is 0 Å². The van der Waals surface area contributed by atoms with Crippen molar-refractivity contribution in [2.75, 3.05) is 6.54 Å². The third kappa shape index (κ3) is 4.52. The molecule has 2 aromatic rings. The summed E-state index contributed by atoms with van der Waals surface area (Å²) < 4.78 is 5.38. The van der Waals surface area contributed by atoms with Crippen molar-refractivity contribution in [3.63, 3.8) is 0 Å². The van der Waals surface area contributed by atoms with Gasteiger partial charge >= 0.3 is 0 Å². The van der Waals surface area contributed by atoms with Crippen LogP contribution < -0.4 is 5.32 Å². The van der Waals surface area contributed by atoms with Gasteiger partial charge in [0, 0.05) is 30.8 Å². The van der Waals surface area contributed by atoms with Crippen molar-refractivity contribution in [1.29, 1.82) is 0 Å². The molecule has 2 heterocycles. The Morgan fingerprint density at radius 3 is 2.84 bits per heavy atom. The molecule has 3 heteroatoms. The number of rotatable bonds is 7. The van der Waals surface area contributed by atoms with Gasteiger partial charge in [0.05, 0.1) is 6.26 Å². The number of nitrogens with one attached hydrogen (secondary N) is 1. The molecule has 102 valence electrons. The topological polar surface area (TPSA) is 38.1 Å². The van der Waals surface area contributed by atoms with Crippen LogP contribution in [0.2, 0.25) is 0 Å². The second kappa shape index (κ2) is 7.10. The standard InChI is InChI=1S/C16H22N2O/c1-3-17-14(8-9-16-5-4-10-19-16)11-15-7-6-13(2)12-18-15/h4-7,10,12,14,17H,3,8-9,11H2,1-2H3. The molecule has 0 saturated heterocycles. The second-order valence-corrected chi connectivity index (χ2v) is 4.90. The second-order valence-electron chi connectivity index (χ2n) is 4.90. The monoisotopic (exact) mass is 258 g/mol. The third-order valence-corrected chi connectivity index (χ3v) is 3.24. The van der Waals surface area contributed by atoms with Gasteiger partial charge in [-0.15, -0.1) is 0 Å². The van der Waals surface area contributed by atoms with Gasteiger partial charge in [-0.25, -0.2) is 0 Å². The first-order chi connectivity index (χ1) is 9.28. The van der Waals surface area contributed by atoms with E-state index in [0.717, 1.165) is 37.3 Å². The molecule has 0 bridgehead atoms. The molecule has 2 rings (SSSR count). The van der Waals surface area contributed by atoms with E-state index in [2.05, 4.69) is 36.3 Å². The molecule has 2 aromatic heterocycles. The van der Waals surface area contributed by atoms with Crippen LogP contribution in [0.4, 0.5) is 0 Å². The quantitative estimate of drug-likeness (QED) is 0.829. The Balaban J connectivity index is 1.89. The Kier molecular flexibility index (Phi) is 5.16. The maximum atomic E-state index is 5.38. The fourth-order valence-electron chi connectivity index (χ4n) is 2.21. The maximum absolute atomic E-state index is 5.38. The Labute approximate surface area is 115 Å². The van der Waals surface area contributed by atoms with Crippen molar-refractivity contribution in [3.05, 3.63) is 53.7 Å². The summed E-state index contributed by atoms with van der Waals surface area (Å²) in [6.45, 7) is 5.19. The highest BCUT2D eigenvalue weighted by molar-refractivity contribution is 5.13. The summed E-state index contributed by atoms with van der Waals surface area (Å²) >= 11 is 0. The average molecular weight is 258 g/mol. The maximum Gasteiger partial charge on any atom is 0.103 e. The Bertz CT molecular complexity index is 462. The molecule has 1 unspecified atom stereocenters. The van der Waals surface area contributed by atoms with Crippen LogP contribution in [0.25, 0.3) is 0 Å². The van der Waals surface area contributed by atoms with Crippen LogP contribution in [0.1, 0.15) is 30.4 Å². The molecule has 1 N–H and O–H groups in total. The molecule has 0 radical (unpaired) electrons. The Morgan fingerprint density at radius 1 is 1.32 bits per heavy atom. The lowest BCUT2D eigenvalue weighted by molar-refractivity contribution is 0.445. The van der Waals surface area contributed by atoms with Gasteiger partial charge < -0.3 is 9.73 Å². The van der Waals surface area contributed by atoms with Crippen molar-refractivity contribution in [2.45, 2.75) is 39.2 Å². The summed E-state index contributed by atoms with van der Waals surface area (Å²) in [5.41, 5.74) is 2.36. The van der Waals surface area contributed by atoms with Crippen LogP contribution in [-0.4, -0.2) is 17.6 Å². The van der Waals surface area contributed by atoms with E-state index in [1.54, 1.807) is 6.26 Å². The predicted octanol–water partition coefficient (Wildman–Crippen LogP) is 3.14. The molecule has 0 saturated carbocycles. The van der Waals surface area contributed by atoms with Crippen LogP contribution in [0.15, 0.2) is 41.1 Å². The van der Waals surface area contributed by atoms with Crippen molar-refractivity contribution < 1.29 is 4.42 Å². The number of nitrogens with zero attached hydrogens (tertiary/aromatic N) is 1. The number of aromatic nitrogens is 1. The van der Waals surface area contributed by atoms with Gasteiger partial charge in [0.1, 0.15) is 5.76 Å². The van der Waals surface area contributed by atoms with Gasteiger partial charge in [-0.1, -0.05) is 13.0 Å². The fraction of sp³-hybridized carbons (Fsp3) is 0.438. The molecular formula is C16H22N2O. The number of pyridine rings is 1. The normalized spacial score (nSPS) is 12.5. The summed E-state index contributed by atoms with van der Waals surface area (Å²) in [7, 11) is 0. The zero-order valence-electron chi connectivity index (χ0n) is 11.7. The van der Waals surface area contributed by atoms with Crippen LogP contribution in [-0.2, 0) is 12.8 Å². The zero-order valence-corrected chi connectivity index (χ0v) is 11.7. The number of hydrogen-bond acceptors (Lipinski definition) is 3. The minimum atomic E-state index is 0.449. The van der Waals surface area contributed by atoms with E-state index in [-0.39, 0.29) is 0 Å². The van der Waals surface area contributed by atoms with E-state index in [0.29, 0.717) is 6.04 Å². The van der Waals surface area contributed by atoms with E-state index in [1.807, 2.05) is 18.3 Å². The number of hydrogen-bond donors (Lipinski definition) is 1. The van der Waals surface area contributed by atoms with Crippen molar-refractivity contribution in [1.82, 2.24) is 10.3 Å². The molecule has 0 aliphatic rings. The van der Waals surface area contributed by atoms with Gasteiger partial charge in [-0.2, -0.15) is 0 Å². The minimum absolute atomic E-state index is 0.449. The summed E-state index contributed by atoms with van der Waals surface area (Å²) in [6.07, 6.45) is 6.67. The van der Waals surface area contributed by atoms with Crippen LogP contribution in [0, 0.1) is 6.92 Å². The summed E-state index contributed by atoms with van der Waals surface area (Å²) in [6, 6.07) is 8.67. The molecular weight excluding hydrogens is 236 g/mol. The van der Waals surface area contributed by atoms with E-state index >= 15 is 0 Å². The highest BCUT2D eigenvalue weighted by atomic mass is 16.3. The minimum Gasteiger partial charge on any atom is -0.469 e. The molecule has 0 fully saturated rings. The Hall–Kier alpha value is -1.61. The van der Waals surface area contributed by atoms with Crippen molar-refractivity contribution >= 4 is 0 Å². The molecule has 0 spiro atoms. The summed E-state index contributed by atoms with van der Waals surface area (Å²) in [4.78, 5) is 4.48. The summed E-state index contributed by atoms with van der Waals surface area (Å²) in [5, 5.41) is 3.53. The average Bonchev–Trinajstić information content (AvgIpc) is 2.92. The van der Waals surface area contributed by atoms with E-state index < -0.39 is 0 Å². The SMILES string of the molecule is CCNC(CCc1ccco1)Cc1ccc(C)cn1. The van der Waals surface area contributed by atoms with Crippen LogP contribution in [0.3, 0.4) is 0 Å². The van der Waals surface area contributed by atoms with Gasteiger partial charge in [-0.3, -0.25) is 4.98 Å². The number of furan rings is 1. The van der Waals surface area contributed by atoms with Crippen molar-refractivity contribution in [3.8, 4) is 0 Å².